The molecule has 1 amide bonds. The number of aliphatic hydroxyl groups is 1. The van der Waals surface area contributed by atoms with Crippen LogP contribution in [0.4, 0.5) is 17.3 Å². The topological polar surface area (TPSA) is 45.0 Å². The van der Waals surface area contributed by atoms with Crippen molar-refractivity contribution in [2.75, 3.05) is 25.5 Å². The molecular weight excluding hydrogens is 410 g/mol. The first-order chi connectivity index (χ1) is 12.6. The number of hydrogen-bond acceptors (Lipinski definition) is 2. The van der Waals surface area contributed by atoms with Crippen molar-refractivity contribution in [3.63, 3.8) is 0 Å². The highest BCUT2D eigenvalue weighted by atomic mass is 35.5. The quantitative estimate of drug-likeness (QED) is 0.375. The van der Waals surface area contributed by atoms with Crippen LogP contribution in [0.5, 0.6) is 0 Å². The van der Waals surface area contributed by atoms with Crippen LogP contribution in [0, 0.1) is 5.92 Å². The predicted octanol–water partition coefficient (Wildman–Crippen LogP) is 2.54. The average Bonchev–Trinajstić information content (AvgIpc) is 2.92. The van der Waals surface area contributed by atoms with E-state index in [0.717, 1.165) is 45.2 Å². The lowest BCUT2D eigenvalue weighted by atomic mass is 9.83. The van der Waals surface area contributed by atoms with E-state index in [9.17, 15) is 27.2 Å². The number of likely N-dealkylation sites (tertiary alicyclic amines) is 2. The highest BCUT2D eigenvalue weighted by Gasteiger charge is 2.51. The number of carbonyl (C=O) groups is 1. The van der Waals surface area contributed by atoms with Gasteiger partial charge < -0.3 is 32.2 Å². The number of piperidine rings is 1. The van der Waals surface area contributed by atoms with Crippen molar-refractivity contribution in [2.24, 2.45) is 5.92 Å². The Kier molecular flexibility index (Phi) is 10.7. The highest BCUT2D eigenvalue weighted by molar-refractivity contribution is 6.50. The van der Waals surface area contributed by atoms with E-state index in [2.05, 4.69) is 11.9 Å². The van der Waals surface area contributed by atoms with Crippen LogP contribution in [-0.4, -0.2) is 66.8 Å². The van der Waals surface area contributed by atoms with E-state index in [1.807, 2.05) is 0 Å². The Morgan fingerprint density at radius 3 is 2.11 bits per heavy atom. The zero-order valence-electron chi connectivity index (χ0n) is 15.5. The zero-order valence-corrected chi connectivity index (χ0v) is 17.0. The molecule has 2 saturated heterocycles. The lowest BCUT2D eigenvalue weighted by Crippen LogP contribution is -3.17. The summed E-state index contributed by atoms with van der Waals surface area (Å²) in [6, 6.07) is 0.397. The Labute approximate surface area is 168 Å². The number of nitrogens with one attached hydrogen (secondary N) is 1. The van der Waals surface area contributed by atoms with Crippen LogP contribution < -0.4 is 4.90 Å². The monoisotopic (exact) mass is 438 g/mol. The van der Waals surface area contributed by atoms with E-state index >= 15 is 0 Å². The number of fused-ring (bicyclic) bond motifs is 1. The molecule has 27 heavy (non-hydrogen) atoms. The molecule has 1 saturated carbocycles. The van der Waals surface area contributed by atoms with Crippen molar-refractivity contribution >= 4 is 36.4 Å². The fraction of sp³-hybridized carbons (Fsp3) is 0.938. The van der Waals surface area contributed by atoms with Gasteiger partial charge in [-0.25, -0.2) is 0 Å². The summed E-state index contributed by atoms with van der Waals surface area (Å²) in [5, 5.41) is 10.4. The maximum absolute atomic E-state index is 12.7. The first-order valence-corrected chi connectivity index (χ1v) is 10.5. The van der Waals surface area contributed by atoms with Crippen LogP contribution in [-0.2, 0) is 4.79 Å². The van der Waals surface area contributed by atoms with Gasteiger partial charge in [0.15, 0.2) is 6.04 Å². The minimum Gasteiger partial charge on any atom is -0.418 e. The molecule has 11 heteroatoms. The number of halogens is 6. The van der Waals surface area contributed by atoms with Gasteiger partial charge >= 0.3 is 7.25 Å². The van der Waals surface area contributed by atoms with Crippen LogP contribution in [0.15, 0.2) is 0 Å². The van der Waals surface area contributed by atoms with Crippen molar-refractivity contribution < 1.29 is 32.1 Å². The molecule has 0 aromatic rings. The number of nitrogens with zero attached hydrogens (tertiary/aromatic N) is 1. The third-order valence-corrected chi connectivity index (χ3v) is 5.58. The second kappa shape index (κ2) is 11.7. The lowest BCUT2D eigenvalue weighted by molar-refractivity contribution is -0.914. The average molecular weight is 439 g/mol. The summed E-state index contributed by atoms with van der Waals surface area (Å²) in [5.41, 5.74) is 0. The maximum Gasteiger partial charge on any atom is 0.673 e. The number of rotatable bonds is 1. The second-order valence-corrected chi connectivity index (χ2v) is 8.11. The molecule has 3 fully saturated rings. The van der Waals surface area contributed by atoms with Crippen molar-refractivity contribution in [1.82, 2.24) is 4.90 Å². The summed E-state index contributed by atoms with van der Waals surface area (Å²) in [4.78, 5) is 16.0. The van der Waals surface area contributed by atoms with Crippen molar-refractivity contribution in [2.45, 2.75) is 63.1 Å². The van der Waals surface area contributed by atoms with Crippen molar-refractivity contribution in [3.05, 3.63) is 0 Å². The zero-order chi connectivity index (χ0) is 20.6. The van der Waals surface area contributed by atoms with E-state index in [1.54, 1.807) is 0 Å². The summed E-state index contributed by atoms with van der Waals surface area (Å²) >= 11 is 9.53. The van der Waals surface area contributed by atoms with Gasteiger partial charge in [-0.3, -0.25) is 4.79 Å². The molecule has 0 aromatic carbocycles. The third-order valence-electron chi connectivity index (χ3n) is 5.58. The van der Waals surface area contributed by atoms with Crippen molar-refractivity contribution in [1.29, 1.82) is 0 Å². The van der Waals surface area contributed by atoms with E-state index in [4.69, 9.17) is 23.2 Å². The van der Waals surface area contributed by atoms with E-state index in [0.29, 0.717) is 17.9 Å². The smallest absolute Gasteiger partial charge is 0.418 e. The third kappa shape index (κ3) is 8.34. The van der Waals surface area contributed by atoms with Crippen LogP contribution in [0.3, 0.4) is 0 Å². The molecule has 160 valence electrons. The van der Waals surface area contributed by atoms with E-state index < -0.39 is 7.25 Å². The Morgan fingerprint density at radius 2 is 1.63 bits per heavy atom. The fourth-order valence-corrected chi connectivity index (χ4v) is 4.55. The Hall–Kier alpha value is -0.245. The Balaban J connectivity index is 0.000000390. The number of likely N-dealkylation sites (N-methyl/N-ethyl adjacent to an activating group) is 1. The van der Waals surface area contributed by atoms with Gasteiger partial charge in [0.1, 0.15) is 12.1 Å². The largest absolute Gasteiger partial charge is 0.673 e. The number of alkyl halides is 2. The normalized spacial score (nSPS) is 33.2. The molecule has 2 aliphatic heterocycles. The van der Waals surface area contributed by atoms with Crippen LogP contribution >= 0.6 is 23.2 Å². The van der Waals surface area contributed by atoms with Crippen molar-refractivity contribution in [3.8, 4) is 0 Å². The number of aliphatic hydroxyl groups excluding tert-OH is 1. The molecule has 4 nitrogen and oxygen atoms in total. The Morgan fingerprint density at radius 1 is 1.11 bits per heavy atom. The van der Waals surface area contributed by atoms with Gasteiger partial charge in [-0.2, -0.15) is 0 Å². The van der Waals surface area contributed by atoms with Gasteiger partial charge in [0, 0.05) is 25.4 Å². The van der Waals surface area contributed by atoms with Gasteiger partial charge in [-0.1, -0.05) is 6.42 Å². The maximum atomic E-state index is 12.7. The molecule has 5 atom stereocenters. The summed E-state index contributed by atoms with van der Waals surface area (Å²) in [5.74, 6) is 0.904. The predicted molar refractivity (Wildman–Crippen MR) is 99.6 cm³/mol. The standard InChI is InChI=1S/C15H26N2O2.CH2Cl2.BF4/c1-16-12(15(19)17-8-3-2-4-9-17)10-11-6-5-7-13(18)14(11)16;2-1-3;2-1(3,4)5/h11-14,18H,2-10H2,1H3;1H2;/q;;-1/p+1/t11-,12-,13-,14+;;/m0../s1. The van der Waals surface area contributed by atoms with Crippen LogP contribution in [0.1, 0.15) is 44.9 Å². The molecule has 3 rings (SSSR count). The molecule has 2 N–H and O–H groups in total. The second-order valence-electron chi connectivity index (χ2n) is 7.30. The van der Waals surface area contributed by atoms with Gasteiger partial charge in [0.25, 0.3) is 5.91 Å². The number of quaternary nitrogens is 1. The number of carbonyl (C=O) groups excluding carboxylic acids is 1. The summed E-state index contributed by atoms with van der Waals surface area (Å²) < 4.78 is 39.0. The molecule has 1 aliphatic carbocycles. The van der Waals surface area contributed by atoms with Crippen LogP contribution in [0.25, 0.3) is 0 Å². The SMILES string of the molecule is C[NH+]1[C@@H]2[C@@H](CCC[C@@H]2O)C[C@H]1C(=O)N1CCCCC1.ClCCl.F[B-](F)(F)F. The van der Waals surface area contributed by atoms with E-state index in [-0.39, 0.29) is 17.5 Å². The summed E-state index contributed by atoms with van der Waals surface area (Å²) in [6.07, 6.45) is 7.62. The first kappa shape index (κ1) is 24.8. The van der Waals surface area contributed by atoms with Gasteiger partial charge in [-0.15, -0.1) is 23.2 Å². The molecule has 3 aliphatic rings. The Bertz CT molecular complexity index is 451. The summed E-state index contributed by atoms with van der Waals surface area (Å²) in [7, 11) is -3.88. The molecule has 2 heterocycles. The van der Waals surface area contributed by atoms with Gasteiger partial charge in [0.05, 0.1) is 12.4 Å². The number of amides is 1. The first-order valence-electron chi connectivity index (χ1n) is 9.39. The summed E-state index contributed by atoms with van der Waals surface area (Å²) in [6.45, 7) is 1.89. The minimum absolute atomic E-state index is 0.0980. The van der Waals surface area contributed by atoms with E-state index in [1.165, 1.54) is 17.7 Å². The van der Waals surface area contributed by atoms with Gasteiger partial charge in [0.2, 0.25) is 0 Å². The molecule has 0 radical (unpaired) electrons. The lowest BCUT2D eigenvalue weighted by Gasteiger charge is -2.33. The molecule has 0 spiro atoms. The minimum atomic E-state index is -6.00. The molecular formula is C16H29BCl2F4N2O2. The molecule has 0 aromatic heterocycles. The van der Waals surface area contributed by atoms with Gasteiger partial charge in [-0.05, 0) is 32.1 Å². The molecule has 1 unspecified atom stereocenters. The number of hydrogen-bond donors (Lipinski definition) is 2. The van der Waals surface area contributed by atoms with Crippen LogP contribution in [0.2, 0.25) is 0 Å². The highest BCUT2D eigenvalue weighted by Crippen LogP contribution is 2.31. The molecule has 0 bridgehead atoms. The fourth-order valence-electron chi connectivity index (χ4n) is 4.55.